The van der Waals surface area contributed by atoms with Crippen LogP contribution in [0.2, 0.25) is 0 Å². The first-order valence-corrected chi connectivity index (χ1v) is 10.6. The van der Waals surface area contributed by atoms with E-state index in [0.717, 1.165) is 5.56 Å². The van der Waals surface area contributed by atoms with Crippen LogP contribution in [0.4, 0.5) is 4.39 Å². The lowest BCUT2D eigenvalue weighted by Crippen LogP contribution is -2.41. The summed E-state index contributed by atoms with van der Waals surface area (Å²) in [6.45, 7) is 2.34. The molecule has 174 valence electrons. The average molecular weight is 447 g/mol. The molecule has 0 unspecified atom stereocenters. The van der Waals surface area contributed by atoms with Gasteiger partial charge in [-0.1, -0.05) is 43.3 Å². The Morgan fingerprint density at radius 3 is 2.53 bits per heavy atom. The summed E-state index contributed by atoms with van der Waals surface area (Å²) >= 11 is 0. The molecule has 0 radical (unpaired) electrons. The minimum atomic E-state index is -0.719. The highest BCUT2D eigenvalue weighted by molar-refractivity contribution is 5.97. The molecule has 7 nitrogen and oxygen atoms in total. The van der Waals surface area contributed by atoms with E-state index in [4.69, 9.17) is 9.47 Å². The largest absolute Gasteiger partial charge is 0.483 e. The second-order valence-corrected chi connectivity index (χ2v) is 7.32. The van der Waals surface area contributed by atoms with Crippen molar-refractivity contribution >= 4 is 11.8 Å². The van der Waals surface area contributed by atoms with Gasteiger partial charge in [0.05, 0.1) is 19.3 Å². The van der Waals surface area contributed by atoms with Crippen molar-refractivity contribution in [3.63, 3.8) is 0 Å². The Kier molecular flexibility index (Phi) is 10.6. The van der Waals surface area contributed by atoms with Crippen molar-refractivity contribution in [3.05, 3.63) is 65.5 Å². The number of hydrogen-bond acceptors (Lipinski definition) is 5. The molecular weight excluding hydrogens is 415 g/mol. The lowest BCUT2D eigenvalue weighted by atomic mass is 10.1. The third kappa shape index (κ3) is 7.62. The van der Waals surface area contributed by atoms with Gasteiger partial charge in [-0.15, -0.1) is 0 Å². The number of carbonyl (C=O) groups is 2. The molecule has 2 aromatic carbocycles. The van der Waals surface area contributed by atoms with Crippen molar-refractivity contribution in [1.29, 1.82) is 0 Å². The molecule has 0 aliphatic rings. The molecule has 2 N–H and O–H groups in total. The third-order valence-corrected chi connectivity index (χ3v) is 4.80. The molecular formula is C24H31FN2O5. The van der Waals surface area contributed by atoms with Gasteiger partial charge >= 0.3 is 0 Å². The maximum Gasteiger partial charge on any atom is 0.260 e. The van der Waals surface area contributed by atoms with Gasteiger partial charge in [0.15, 0.2) is 6.61 Å². The zero-order valence-electron chi connectivity index (χ0n) is 18.6. The van der Waals surface area contributed by atoms with Crippen LogP contribution in [-0.4, -0.2) is 67.9 Å². The van der Waals surface area contributed by atoms with Crippen LogP contribution in [0.3, 0.4) is 0 Å². The Hall–Kier alpha value is -2.97. The summed E-state index contributed by atoms with van der Waals surface area (Å²) in [4.78, 5) is 26.8. The van der Waals surface area contributed by atoms with Crippen molar-refractivity contribution in [2.75, 3.05) is 40.0 Å². The summed E-state index contributed by atoms with van der Waals surface area (Å²) in [5.74, 6) is -1.72. The van der Waals surface area contributed by atoms with Gasteiger partial charge in [0, 0.05) is 20.2 Å². The Labute approximate surface area is 188 Å². The zero-order valence-corrected chi connectivity index (χ0v) is 18.6. The number of aliphatic hydroxyl groups excluding tert-OH is 1. The van der Waals surface area contributed by atoms with E-state index in [0.29, 0.717) is 32.5 Å². The maximum atomic E-state index is 14.6. The predicted molar refractivity (Wildman–Crippen MR) is 119 cm³/mol. The molecule has 32 heavy (non-hydrogen) atoms. The molecule has 0 saturated heterocycles. The van der Waals surface area contributed by atoms with Gasteiger partial charge in [0.25, 0.3) is 11.8 Å². The van der Waals surface area contributed by atoms with Crippen molar-refractivity contribution in [3.8, 4) is 5.75 Å². The summed E-state index contributed by atoms with van der Waals surface area (Å²) in [5.41, 5.74) is 0.755. The number of amides is 2. The number of nitrogens with one attached hydrogen (secondary N) is 1. The van der Waals surface area contributed by atoms with Crippen molar-refractivity contribution in [2.45, 2.75) is 25.8 Å². The van der Waals surface area contributed by atoms with Crippen molar-refractivity contribution in [1.82, 2.24) is 10.2 Å². The number of methoxy groups -OCH3 is 1. The standard InChI is InChI=1S/C24H31FN2O5/c1-3-12-27(13-14-31-2)24(30)23-20(25)10-7-11-21(23)32-17-22(29)26-19(16-28)15-18-8-5-4-6-9-18/h4-11,19,28H,3,12-17H2,1-2H3,(H,26,29)/t19-/m0/s1. The highest BCUT2D eigenvalue weighted by Gasteiger charge is 2.24. The summed E-state index contributed by atoms with van der Waals surface area (Å²) in [6.07, 6.45) is 1.16. The fourth-order valence-corrected chi connectivity index (χ4v) is 3.25. The molecule has 2 amide bonds. The van der Waals surface area contributed by atoms with Gasteiger partial charge < -0.3 is 24.8 Å². The van der Waals surface area contributed by atoms with Gasteiger partial charge in [-0.3, -0.25) is 9.59 Å². The van der Waals surface area contributed by atoms with E-state index < -0.39 is 30.3 Å². The number of nitrogens with zero attached hydrogens (tertiary/aromatic N) is 1. The van der Waals surface area contributed by atoms with Crippen LogP contribution in [0.5, 0.6) is 5.75 Å². The quantitative estimate of drug-likeness (QED) is 0.493. The molecule has 0 saturated carbocycles. The topological polar surface area (TPSA) is 88.1 Å². The molecule has 0 spiro atoms. The van der Waals surface area contributed by atoms with Gasteiger partial charge in [-0.05, 0) is 30.5 Å². The number of rotatable bonds is 13. The first kappa shape index (κ1) is 25.3. The van der Waals surface area contributed by atoms with Crippen LogP contribution in [0, 0.1) is 5.82 Å². The lowest BCUT2D eigenvalue weighted by Gasteiger charge is -2.23. The smallest absolute Gasteiger partial charge is 0.260 e. The third-order valence-electron chi connectivity index (χ3n) is 4.80. The number of ether oxygens (including phenoxy) is 2. The first-order chi connectivity index (χ1) is 15.5. The Morgan fingerprint density at radius 1 is 1.12 bits per heavy atom. The maximum absolute atomic E-state index is 14.6. The number of hydrogen-bond donors (Lipinski definition) is 2. The SMILES string of the molecule is CCCN(CCOC)C(=O)c1c(F)cccc1OCC(=O)N[C@H](CO)Cc1ccccc1. The second-order valence-electron chi connectivity index (χ2n) is 7.32. The molecule has 1 atom stereocenters. The molecule has 0 fully saturated rings. The molecule has 0 bridgehead atoms. The lowest BCUT2D eigenvalue weighted by molar-refractivity contribution is -0.124. The molecule has 8 heteroatoms. The van der Waals surface area contributed by atoms with Crippen LogP contribution in [0.15, 0.2) is 48.5 Å². The Bertz CT molecular complexity index is 863. The first-order valence-electron chi connectivity index (χ1n) is 10.6. The van der Waals surface area contributed by atoms with E-state index in [2.05, 4.69) is 5.32 Å². The van der Waals surface area contributed by atoms with Gasteiger partial charge in [0.1, 0.15) is 17.1 Å². The van der Waals surface area contributed by atoms with E-state index >= 15 is 0 Å². The average Bonchev–Trinajstić information content (AvgIpc) is 2.80. The zero-order chi connectivity index (χ0) is 23.3. The minimum absolute atomic E-state index is 0.00715. The summed E-state index contributed by atoms with van der Waals surface area (Å²) in [7, 11) is 1.53. The fourth-order valence-electron chi connectivity index (χ4n) is 3.25. The van der Waals surface area contributed by atoms with E-state index in [-0.39, 0.29) is 17.9 Å². The van der Waals surface area contributed by atoms with Crippen LogP contribution in [-0.2, 0) is 16.0 Å². The summed E-state index contributed by atoms with van der Waals surface area (Å²) < 4.78 is 25.1. The number of benzene rings is 2. The number of carbonyl (C=O) groups excluding carboxylic acids is 2. The summed E-state index contributed by atoms with van der Waals surface area (Å²) in [5, 5.41) is 12.3. The molecule has 0 aliphatic heterocycles. The van der Waals surface area contributed by atoms with Gasteiger partial charge in [-0.2, -0.15) is 0 Å². The molecule has 2 rings (SSSR count). The fraction of sp³-hybridized carbons (Fsp3) is 0.417. The Morgan fingerprint density at radius 2 is 1.88 bits per heavy atom. The van der Waals surface area contributed by atoms with E-state index in [1.54, 1.807) is 0 Å². The number of aliphatic hydroxyl groups is 1. The predicted octanol–water partition coefficient (Wildman–Crippen LogP) is 2.42. The van der Waals surface area contributed by atoms with Crippen LogP contribution in [0.25, 0.3) is 0 Å². The van der Waals surface area contributed by atoms with Crippen molar-refractivity contribution in [2.24, 2.45) is 0 Å². The molecule has 2 aromatic rings. The van der Waals surface area contributed by atoms with Crippen LogP contribution < -0.4 is 10.1 Å². The van der Waals surface area contributed by atoms with Gasteiger partial charge in [-0.25, -0.2) is 4.39 Å². The summed E-state index contributed by atoms with van der Waals surface area (Å²) in [6, 6.07) is 13.0. The van der Waals surface area contributed by atoms with E-state index in [1.807, 2.05) is 37.3 Å². The van der Waals surface area contributed by atoms with Crippen LogP contribution >= 0.6 is 0 Å². The normalized spacial score (nSPS) is 11.6. The minimum Gasteiger partial charge on any atom is -0.483 e. The monoisotopic (exact) mass is 446 g/mol. The van der Waals surface area contributed by atoms with E-state index in [1.165, 1.54) is 30.2 Å². The number of halogens is 1. The molecule has 0 aliphatic carbocycles. The Balaban J connectivity index is 2.05. The van der Waals surface area contributed by atoms with E-state index in [9.17, 15) is 19.1 Å². The highest BCUT2D eigenvalue weighted by Crippen LogP contribution is 2.23. The molecule has 0 heterocycles. The second kappa shape index (κ2) is 13.4. The highest BCUT2D eigenvalue weighted by atomic mass is 19.1. The van der Waals surface area contributed by atoms with Gasteiger partial charge in [0.2, 0.25) is 0 Å². The van der Waals surface area contributed by atoms with Crippen molar-refractivity contribution < 1.29 is 28.6 Å². The van der Waals surface area contributed by atoms with Crippen LogP contribution in [0.1, 0.15) is 29.3 Å². The molecule has 0 aromatic heterocycles.